The number of hydrogen-bond donors (Lipinski definition) is 2. The minimum atomic E-state index is 0. The van der Waals surface area contributed by atoms with E-state index < -0.39 is 0 Å². The van der Waals surface area contributed by atoms with E-state index in [0.29, 0.717) is 6.54 Å². The largest absolute Gasteiger partial charge is 0.357 e. The lowest BCUT2D eigenvalue weighted by molar-refractivity contribution is 0.665. The van der Waals surface area contributed by atoms with E-state index in [0.717, 1.165) is 31.2 Å². The molecule has 22 heavy (non-hydrogen) atoms. The molecule has 1 aromatic rings. The van der Waals surface area contributed by atoms with Gasteiger partial charge in [0.1, 0.15) is 0 Å². The number of aliphatic imine (C=N–C) groups is 1. The molecule has 6 heteroatoms. The third-order valence-corrected chi connectivity index (χ3v) is 4.61. The number of aryl methyl sites for hydroxylation is 1. The van der Waals surface area contributed by atoms with Gasteiger partial charge in [-0.3, -0.25) is 0 Å². The Morgan fingerprint density at radius 2 is 2.23 bits per heavy atom. The molecule has 0 radical (unpaired) electrons. The van der Waals surface area contributed by atoms with E-state index in [9.17, 15) is 0 Å². The van der Waals surface area contributed by atoms with E-state index >= 15 is 0 Å². The van der Waals surface area contributed by atoms with E-state index in [1.54, 1.807) is 16.9 Å². The van der Waals surface area contributed by atoms with Gasteiger partial charge in [0.25, 0.3) is 0 Å². The number of nitrogens with zero attached hydrogens (tertiary/aromatic N) is 2. The fourth-order valence-corrected chi connectivity index (χ4v) is 3.14. The highest BCUT2D eigenvalue weighted by Crippen LogP contribution is 2.19. The van der Waals surface area contributed by atoms with Crippen molar-refractivity contribution in [3.63, 3.8) is 0 Å². The van der Waals surface area contributed by atoms with Crippen molar-refractivity contribution in [3.8, 4) is 0 Å². The van der Waals surface area contributed by atoms with Gasteiger partial charge in [-0.15, -0.1) is 35.3 Å². The summed E-state index contributed by atoms with van der Waals surface area (Å²) in [4.78, 5) is 10.1. The molecule has 0 amide bonds. The SMILES string of the molecule is CCNC(=NCc1scnc1C)NCCC1=CCCCC1.I. The molecule has 0 bridgehead atoms. The standard InChI is InChI=1S/C16H26N4S.HI/c1-3-17-16(19-11-15-13(2)20-12-21-15)18-10-9-14-7-5-4-6-8-14;/h7,12H,3-6,8-11H2,1-2H3,(H2,17,18,19);1H. The summed E-state index contributed by atoms with van der Waals surface area (Å²) in [5, 5.41) is 6.74. The second-order valence-electron chi connectivity index (χ2n) is 5.34. The van der Waals surface area contributed by atoms with Crippen molar-refractivity contribution in [2.45, 2.75) is 52.5 Å². The Labute approximate surface area is 154 Å². The average molecular weight is 434 g/mol. The number of guanidine groups is 1. The second-order valence-corrected chi connectivity index (χ2v) is 6.28. The van der Waals surface area contributed by atoms with Crippen LogP contribution in [-0.2, 0) is 6.54 Å². The van der Waals surface area contributed by atoms with Gasteiger partial charge in [-0.05, 0) is 46.0 Å². The van der Waals surface area contributed by atoms with Crippen LogP contribution in [0.15, 0.2) is 22.2 Å². The molecule has 1 aromatic heterocycles. The molecule has 0 fully saturated rings. The average Bonchev–Trinajstić information content (AvgIpc) is 2.91. The van der Waals surface area contributed by atoms with Crippen molar-refractivity contribution < 1.29 is 0 Å². The van der Waals surface area contributed by atoms with Crippen molar-refractivity contribution in [1.29, 1.82) is 0 Å². The maximum atomic E-state index is 4.64. The van der Waals surface area contributed by atoms with E-state index in [-0.39, 0.29) is 24.0 Å². The quantitative estimate of drug-likeness (QED) is 0.308. The van der Waals surface area contributed by atoms with Gasteiger partial charge < -0.3 is 10.6 Å². The first-order valence-corrected chi connectivity index (χ1v) is 8.76. The molecule has 0 unspecified atom stereocenters. The molecule has 2 N–H and O–H groups in total. The summed E-state index contributed by atoms with van der Waals surface area (Å²) in [5.74, 6) is 0.904. The van der Waals surface area contributed by atoms with Crippen LogP contribution < -0.4 is 10.6 Å². The normalized spacial score (nSPS) is 15.0. The number of halogens is 1. The molecule has 4 nitrogen and oxygen atoms in total. The van der Waals surface area contributed by atoms with Gasteiger partial charge in [-0.1, -0.05) is 11.6 Å². The number of hydrogen-bond acceptors (Lipinski definition) is 3. The lowest BCUT2D eigenvalue weighted by atomic mass is 9.97. The Morgan fingerprint density at radius 3 is 2.86 bits per heavy atom. The molecule has 1 heterocycles. The molecule has 0 saturated heterocycles. The summed E-state index contributed by atoms with van der Waals surface area (Å²) in [6.07, 6.45) is 8.78. The van der Waals surface area contributed by atoms with Crippen LogP contribution >= 0.6 is 35.3 Å². The number of aromatic nitrogens is 1. The van der Waals surface area contributed by atoms with Crippen LogP contribution in [0.25, 0.3) is 0 Å². The molecule has 124 valence electrons. The summed E-state index contributed by atoms with van der Waals surface area (Å²) < 4.78 is 0. The van der Waals surface area contributed by atoms with Crippen LogP contribution in [0.3, 0.4) is 0 Å². The van der Waals surface area contributed by atoms with Crippen molar-refractivity contribution in [1.82, 2.24) is 15.6 Å². The predicted molar refractivity (Wildman–Crippen MR) is 106 cm³/mol. The maximum absolute atomic E-state index is 4.64. The fourth-order valence-electron chi connectivity index (χ4n) is 2.44. The smallest absolute Gasteiger partial charge is 0.191 e. The Balaban J connectivity index is 0.00000242. The number of thiazole rings is 1. The topological polar surface area (TPSA) is 49.3 Å². The first kappa shape index (κ1) is 19.4. The molecule has 1 aliphatic carbocycles. The summed E-state index contributed by atoms with van der Waals surface area (Å²) in [6, 6.07) is 0. The highest BCUT2D eigenvalue weighted by atomic mass is 127. The van der Waals surface area contributed by atoms with Crippen molar-refractivity contribution >= 4 is 41.3 Å². The van der Waals surface area contributed by atoms with Gasteiger partial charge in [0.15, 0.2) is 5.96 Å². The van der Waals surface area contributed by atoms with Crippen molar-refractivity contribution in [2.75, 3.05) is 13.1 Å². The van der Waals surface area contributed by atoms with Crippen LogP contribution in [-0.4, -0.2) is 24.0 Å². The second kappa shape index (κ2) is 11.0. The molecule has 2 rings (SSSR count). The van der Waals surface area contributed by atoms with Crippen LogP contribution in [0.2, 0.25) is 0 Å². The zero-order valence-electron chi connectivity index (χ0n) is 13.5. The highest BCUT2D eigenvalue weighted by Gasteiger charge is 2.05. The summed E-state index contributed by atoms with van der Waals surface area (Å²) in [7, 11) is 0. The van der Waals surface area contributed by atoms with Crippen molar-refractivity contribution in [3.05, 3.63) is 27.7 Å². The van der Waals surface area contributed by atoms with Crippen molar-refractivity contribution in [2.24, 2.45) is 4.99 Å². The van der Waals surface area contributed by atoms with E-state index in [1.165, 1.54) is 30.6 Å². The van der Waals surface area contributed by atoms with Gasteiger partial charge in [-0.25, -0.2) is 9.98 Å². The molecule has 1 aliphatic rings. The summed E-state index contributed by atoms with van der Waals surface area (Å²) >= 11 is 1.67. The molecular weight excluding hydrogens is 407 g/mol. The number of nitrogens with one attached hydrogen (secondary N) is 2. The predicted octanol–water partition coefficient (Wildman–Crippen LogP) is 4.02. The zero-order valence-corrected chi connectivity index (χ0v) is 16.7. The number of allylic oxidation sites excluding steroid dienone is 1. The van der Waals surface area contributed by atoms with Gasteiger partial charge in [-0.2, -0.15) is 0 Å². The first-order chi connectivity index (χ1) is 10.3. The fraction of sp³-hybridized carbons (Fsp3) is 0.625. The molecule has 0 spiro atoms. The highest BCUT2D eigenvalue weighted by molar-refractivity contribution is 14.0. The van der Waals surface area contributed by atoms with E-state index in [4.69, 9.17) is 0 Å². The monoisotopic (exact) mass is 434 g/mol. The number of rotatable bonds is 6. The molecule has 0 saturated carbocycles. The summed E-state index contributed by atoms with van der Waals surface area (Å²) in [5.41, 5.74) is 4.57. The third kappa shape index (κ3) is 6.64. The zero-order chi connectivity index (χ0) is 14.9. The van der Waals surface area contributed by atoms with Gasteiger partial charge in [0.2, 0.25) is 0 Å². The first-order valence-electron chi connectivity index (χ1n) is 7.88. The van der Waals surface area contributed by atoms with E-state index in [1.807, 2.05) is 12.4 Å². The Morgan fingerprint density at radius 1 is 1.36 bits per heavy atom. The minimum Gasteiger partial charge on any atom is -0.357 e. The van der Waals surface area contributed by atoms with Crippen LogP contribution in [0, 0.1) is 6.92 Å². The maximum Gasteiger partial charge on any atom is 0.191 e. The lowest BCUT2D eigenvalue weighted by Gasteiger charge is -2.15. The summed E-state index contributed by atoms with van der Waals surface area (Å²) in [6.45, 7) is 6.68. The van der Waals surface area contributed by atoms with Crippen LogP contribution in [0.4, 0.5) is 0 Å². The Kier molecular flexibility index (Phi) is 9.70. The Bertz CT molecular complexity index is 496. The molecule has 0 aromatic carbocycles. The van der Waals surface area contributed by atoms with Gasteiger partial charge in [0, 0.05) is 18.0 Å². The molecule has 0 atom stereocenters. The van der Waals surface area contributed by atoms with Gasteiger partial charge >= 0.3 is 0 Å². The molecular formula is C16H27IN4S. The minimum absolute atomic E-state index is 0. The van der Waals surface area contributed by atoms with Gasteiger partial charge in [0.05, 0.1) is 17.7 Å². The van der Waals surface area contributed by atoms with Crippen LogP contribution in [0.5, 0.6) is 0 Å². The molecule has 0 aliphatic heterocycles. The van der Waals surface area contributed by atoms with Crippen LogP contribution in [0.1, 0.15) is 49.6 Å². The lowest BCUT2D eigenvalue weighted by Crippen LogP contribution is -2.37. The Hall–Kier alpha value is -0.630. The third-order valence-electron chi connectivity index (χ3n) is 3.69. The van der Waals surface area contributed by atoms with E-state index in [2.05, 4.69) is 33.6 Å².